The van der Waals surface area contributed by atoms with Crippen LogP contribution in [0.15, 0.2) is 18.5 Å². The van der Waals surface area contributed by atoms with Crippen LogP contribution in [0, 0.1) is 0 Å². The molecule has 0 aliphatic carbocycles. The molecule has 0 bridgehead atoms. The van der Waals surface area contributed by atoms with Gasteiger partial charge < -0.3 is 5.11 Å². The highest BCUT2D eigenvalue weighted by Gasteiger charge is 2.46. The van der Waals surface area contributed by atoms with E-state index in [1.807, 2.05) is 0 Å². The van der Waals surface area contributed by atoms with Crippen LogP contribution >= 0.6 is 0 Å². The van der Waals surface area contributed by atoms with Crippen molar-refractivity contribution in [3.8, 4) is 0 Å². The van der Waals surface area contributed by atoms with E-state index in [9.17, 15) is 22.8 Å². The normalized spacial score (nSPS) is 17.7. The van der Waals surface area contributed by atoms with E-state index in [0.29, 0.717) is 0 Å². The van der Waals surface area contributed by atoms with Crippen molar-refractivity contribution in [2.24, 2.45) is 7.05 Å². The molecule has 1 amide bonds. The lowest BCUT2D eigenvalue weighted by atomic mass is 10.1. The number of carbonyl (C=O) groups is 2. The van der Waals surface area contributed by atoms with Gasteiger partial charge in [-0.1, -0.05) is 0 Å². The van der Waals surface area contributed by atoms with E-state index in [1.165, 1.54) is 19.3 Å². The van der Waals surface area contributed by atoms with Crippen LogP contribution in [0.4, 0.5) is 19.0 Å². The molecule has 11 heteroatoms. The summed E-state index contributed by atoms with van der Waals surface area (Å²) in [4.78, 5) is 25.0. The smallest absolute Gasteiger partial charge is 0.410 e. The number of amides is 1. The van der Waals surface area contributed by atoms with Gasteiger partial charge >= 0.3 is 12.1 Å². The van der Waals surface area contributed by atoms with Crippen molar-refractivity contribution in [3.63, 3.8) is 0 Å². The Morgan fingerprint density at radius 3 is 2.67 bits per heavy atom. The third-order valence-electron chi connectivity index (χ3n) is 3.84. The summed E-state index contributed by atoms with van der Waals surface area (Å²) in [7, 11) is 1.39. The van der Waals surface area contributed by atoms with Crippen LogP contribution in [0.2, 0.25) is 0 Å². The molecule has 3 rings (SSSR count). The van der Waals surface area contributed by atoms with E-state index in [2.05, 4.69) is 10.2 Å². The van der Waals surface area contributed by atoms with Crippen molar-refractivity contribution in [1.29, 1.82) is 0 Å². The number of aryl methyl sites for hydroxylation is 1. The van der Waals surface area contributed by atoms with Gasteiger partial charge in [-0.3, -0.25) is 14.4 Å². The number of alkyl halides is 3. The lowest BCUT2D eigenvalue weighted by Gasteiger charge is -2.33. The number of anilines is 1. The molecule has 1 aliphatic heterocycles. The average Bonchev–Trinajstić information content (AvgIpc) is 3.10. The zero-order chi connectivity index (χ0) is 17.6. The number of aromatic carboxylic acids is 1. The zero-order valence-electron chi connectivity index (χ0n) is 12.4. The van der Waals surface area contributed by atoms with E-state index in [0.717, 1.165) is 20.5 Å². The molecule has 128 valence electrons. The second-order valence-electron chi connectivity index (χ2n) is 5.27. The van der Waals surface area contributed by atoms with Gasteiger partial charge in [0.2, 0.25) is 0 Å². The predicted molar refractivity (Wildman–Crippen MR) is 73.8 cm³/mol. The highest BCUT2D eigenvalue weighted by Crippen LogP contribution is 2.39. The van der Waals surface area contributed by atoms with Crippen LogP contribution in [-0.4, -0.2) is 49.3 Å². The number of carboxylic acid groups (broad SMARTS) is 1. The summed E-state index contributed by atoms with van der Waals surface area (Å²) in [5.41, 5.74) is -0.521. The molecule has 0 saturated heterocycles. The lowest BCUT2D eigenvalue weighted by Crippen LogP contribution is -2.44. The van der Waals surface area contributed by atoms with E-state index in [4.69, 9.17) is 5.11 Å². The molecule has 1 N–H and O–H groups in total. The third-order valence-corrected chi connectivity index (χ3v) is 3.84. The molecule has 0 spiro atoms. The van der Waals surface area contributed by atoms with Gasteiger partial charge in [0, 0.05) is 19.7 Å². The molecule has 0 saturated carbocycles. The number of carboxylic acids is 1. The maximum Gasteiger partial charge on any atom is 0.410 e. The summed E-state index contributed by atoms with van der Waals surface area (Å²) in [5.74, 6) is -2.12. The zero-order valence-corrected chi connectivity index (χ0v) is 12.4. The Morgan fingerprint density at radius 1 is 1.33 bits per heavy atom. The fourth-order valence-electron chi connectivity index (χ4n) is 2.73. The van der Waals surface area contributed by atoms with Crippen molar-refractivity contribution >= 4 is 17.7 Å². The Balaban J connectivity index is 2.02. The topological polar surface area (TPSA) is 93.2 Å². The lowest BCUT2D eigenvalue weighted by molar-refractivity contribution is -0.172. The molecule has 2 aromatic heterocycles. The van der Waals surface area contributed by atoms with Gasteiger partial charge in [0.1, 0.15) is 17.1 Å². The summed E-state index contributed by atoms with van der Waals surface area (Å²) in [6.07, 6.45) is -2.67. The third kappa shape index (κ3) is 2.41. The Bertz CT molecular complexity index is 810. The molecular weight excluding hydrogens is 331 g/mol. The molecule has 24 heavy (non-hydrogen) atoms. The van der Waals surface area contributed by atoms with E-state index < -0.39 is 24.1 Å². The monoisotopic (exact) mass is 343 g/mol. The summed E-state index contributed by atoms with van der Waals surface area (Å²) in [6, 6.07) is -0.538. The first-order chi connectivity index (χ1) is 11.2. The predicted octanol–water partition coefficient (Wildman–Crippen LogP) is 1.47. The van der Waals surface area contributed by atoms with Crippen LogP contribution in [0.1, 0.15) is 33.3 Å². The Kier molecular flexibility index (Phi) is 3.57. The molecule has 8 nitrogen and oxygen atoms in total. The van der Waals surface area contributed by atoms with Crippen LogP contribution in [0.5, 0.6) is 0 Å². The Morgan fingerprint density at radius 2 is 2.04 bits per heavy atom. The maximum atomic E-state index is 13.1. The van der Waals surface area contributed by atoms with Crippen LogP contribution in [0.25, 0.3) is 0 Å². The van der Waals surface area contributed by atoms with Gasteiger partial charge in [-0.15, -0.1) is 0 Å². The molecule has 0 radical (unpaired) electrons. The van der Waals surface area contributed by atoms with E-state index >= 15 is 0 Å². The number of hydrogen-bond donors (Lipinski definition) is 1. The molecular formula is C13H12F3N5O3. The number of rotatable bonds is 2. The molecule has 0 aromatic carbocycles. The van der Waals surface area contributed by atoms with Crippen molar-refractivity contribution in [2.45, 2.75) is 18.6 Å². The fraction of sp³-hybridized carbons (Fsp3) is 0.385. The standard InChI is InChI=1S/C13H12F3N5O3/c1-19-10(7(6-18-19)12(23)24)11(22)20-5-3-8(13(14,15)16)21-9(20)2-4-17-21/h2,4,6,8H,3,5H2,1H3,(H,23,24). The molecule has 3 heterocycles. The summed E-state index contributed by atoms with van der Waals surface area (Å²) < 4.78 is 41.1. The molecule has 1 aliphatic rings. The second-order valence-corrected chi connectivity index (χ2v) is 5.27. The van der Waals surface area contributed by atoms with Gasteiger partial charge in [0.05, 0.1) is 12.4 Å². The fourth-order valence-corrected chi connectivity index (χ4v) is 2.73. The van der Waals surface area contributed by atoms with Crippen LogP contribution < -0.4 is 4.90 Å². The first-order valence-electron chi connectivity index (χ1n) is 6.89. The van der Waals surface area contributed by atoms with Gasteiger partial charge in [0.25, 0.3) is 5.91 Å². The van der Waals surface area contributed by atoms with Crippen molar-refractivity contribution < 1.29 is 27.9 Å². The maximum absolute atomic E-state index is 13.1. The highest BCUT2D eigenvalue weighted by atomic mass is 19.4. The van der Waals surface area contributed by atoms with Gasteiger partial charge in [-0.25, -0.2) is 9.48 Å². The molecule has 1 unspecified atom stereocenters. The first-order valence-corrected chi connectivity index (χ1v) is 6.89. The quantitative estimate of drug-likeness (QED) is 0.891. The molecule has 0 fully saturated rings. The summed E-state index contributed by atoms with van der Waals surface area (Å²) >= 11 is 0. The van der Waals surface area contributed by atoms with E-state index in [-0.39, 0.29) is 30.0 Å². The number of nitrogens with zero attached hydrogens (tertiary/aromatic N) is 5. The van der Waals surface area contributed by atoms with E-state index in [1.54, 1.807) is 0 Å². The Hall–Kier alpha value is -2.85. The average molecular weight is 343 g/mol. The molecule has 1 atom stereocenters. The first kappa shape index (κ1) is 16.0. The SMILES string of the molecule is Cn1ncc(C(=O)O)c1C(=O)N1CCC(C(F)(F)F)n2nccc21. The van der Waals surface area contributed by atoms with Crippen molar-refractivity contribution in [2.75, 3.05) is 11.4 Å². The van der Waals surface area contributed by atoms with Crippen molar-refractivity contribution in [3.05, 3.63) is 29.7 Å². The second kappa shape index (κ2) is 5.35. The van der Waals surface area contributed by atoms with Gasteiger partial charge in [-0.2, -0.15) is 23.4 Å². The number of hydrogen-bond acceptors (Lipinski definition) is 4. The van der Waals surface area contributed by atoms with Crippen LogP contribution in [-0.2, 0) is 7.05 Å². The van der Waals surface area contributed by atoms with Gasteiger partial charge in [-0.05, 0) is 6.42 Å². The van der Waals surface area contributed by atoms with Crippen LogP contribution in [0.3, 0.4) is 0 Å². The Labute approximate surface area is 133 Å². The minimum atomic E-state index is -4.49. The number of fused-ring (bicyclic) bond motifs is 1. The number of aromatic nitrogens is 4. The largest absolute Gasteiger partial charge is 0.478 e. The summed E-state index contributed by atoms with van der Waals surface area (Å²) in [5, 5.41) is 16.5. The number of halogens is 3. The highest BCUT2D eigenvalue weighted by molar-refractivity contribution is 6.10. The summed E-state index contributed by atoms with van der Waals surface area (Å²) in [6.45, 7) is -0.209. The van der Waals surface area contributed by atoms with Crippen molar-refractivity contribution in [1.82, 2.24) is 19.6 Å². The molecule has 2 aromatic rings. The number of carbonyl (C=O) groups excluding carboxylic acids is 1. The minimum absolute atomic E-state index is 0.0360. The minimum Gasteiger partial charge on any atom is -0.478 e. The van der Waals surface area contributed by atoms with Gasteiger partial charge in [0.15, 0.2) is 6.04 Å².